The minimum atomic E-state index is -3.58. The monoisotopic (exact) mass is 351 g/mol. The predicted octanol–water partition coefficient (Wildman–Crippen LogP) is 3.31. The van der Waals surface area contributed by atoms with Crippen molar-refractivity contribution in [2.24, 2.45) is 5.41 Å². The molecule has 19 heavy (non-hydrogen) atoms. The van der Waals surface area contributed by atoms with Crippen molar-refractivity contribution in [1.29, 1.82) is 0 Å². The molecule has 0 aromatic heterocycles. The molecule has 0 spiro atoms. The van der Waals surface area contributed by atoms with Gasteiger partial charge in [-0.2, -0.15) is 0 Å². The lowest BCUT2D eigenvalue weighted by Gasteiger charge is -2.29. The Morgan fingerprint density at radius 3 is 2.16 bits per heavy atom. The van der Waals surface area contributed by atoms with Gasteiger partial charge in [-0.05, 0) is 42.5 Å². The molecule has 0 aliphatic rings. The number of nitrogens with one attached hydrogen (secondary N) is 1. The Morgan fingerprint density at radius 1 is 1.21 bits per heavy atom. The molecule has 0 atom stereocenters. The third kappa shape index (κ3) is 4.26. The Hall–Kier alpha value is -0.460. The summed E-state index contributed by atoms with van der Waals surface area (Å²) in [5.41, 5.74) is -0.0902. The average Bonchev–Trinajstić information content (AvgIpc) is 2.41. The van der Waals surface area contributed by atoms with E-state index in [-0.39, 0.29) is 10.3 Å². The second-order valence-electron chi connectivity index (χ2n) is 4.62. The molecule has 0 radical (unpaired) electrons. The number of rotatable bonds is 7. The maximum atomic E-state index is 12.8. The van der Waals surface area contributed by atoms with Crippen LogP contribution in [0, 0.1) is 11.2 Å². The van der Waals surface area contributed by atoms with Crippen LogP contribution in [0.4, 0.5) is 4.39 Å². The second-order valence-corrected chi connectivity index (χ2v) is 6.95. The summed E-state index contributed by atoms with van der Waals surface area (Å²) >= 11 is 3.44. The van der Waals surface area contributed by atoms with Crippen LogP contribution < -0.4 is 4.72 Å². The summed E-state index contributed by atoms with van der Waals surface area (Å²) in [6.45, 7) is 4.44. The summed E-state index contributed by atoms with van der Waals surface area (Å²) in [6, 6.07) is 4.83. The van der Waals surface area contributed by atoms with Gasteiger partial charge in [0.05, 0.1) is 4.90 Å². The van der Waals surface area contributed by atoms with Gasteiger partial charge in [0.15, 0.2) is 0 Å². The lowest BCUT2D eigenvalue weighted by molar-refractivity contribution is 0.309. The van der Waals surface area contributed by atoms with Crippen LogP contribution >= 0.6 is 15.9 Å². The fourth-order valence-electron chi connectivity index (χ4n) is 1.68. The van der Waals surface area contributed by atoms with E-state index in [2.05, 4.69) is 20.7 Å². The van der Waals surface area contributed by atoms with Crippen LogP contribution in [0.25, 0.3) is 0 Å². The second kappa shape index (κ2) is 6.81. The van der Waals surface area contributed by atoms with Crippen LogP contribution in [0.1, 0.15) is 26.7 Å². The first-order chi connectivity index (χ1) is 8.89. The number of benzene rings is 1. The number of alkyl halides is 1. The van der Waals surface area contributed by atoms with E-state index in [1.807, 2.05) is 13.8 Å². The number of halogens is 2. The molecular weight excluding hydrogens is 333 g/mol. The van der Waals surface area contributed by atoms with E-state index in [1.165, 1.54) is 12.1 Å². The van der Waals surface area contributed by atoms with Crippen LogP contribution in [0.15, 0.2) is 29.2 Å². The van der Waals surface area contributed by atoms with Gasteiger partial charge < -0.3 is 0 Å². The van der Waals surface area contributed by atoms with Crippen LogP contribution in [0.5, 0.6) is 0 Å². The van der Waals surface area contributed by atoms with Crippen molar-refractivity contribution < 1.29 is 12.8 Å². The zero-order chi connectivity index (χ0) is 14.5. The van der Waals surface area contributed by atoms with Gasteiger partial charge in [0.25, 0.3) is 0 Å². The maximum Gasteiger partial charge on any atom is 0.240 e. The summed E-state index contributed by atoms with van der Waals surface area (Å²) in [5.74, 6) is -0.448. The highest BCUT2D eigenvalue weighted by atomic mass is 79.9. The lowest BCUT2D eigenvalue weighted by atomic mass is 9.85. The van der Waals surface area contributed by atoms with Crippen molar-refractivity contribution in [1.82, 2.24) is 4.72 Å². The lowest BCUT2D eigenvalue weighted by Crippen LogP contribution is -2.38. The molecule has 0 saturated carbocycles. The van der Waals surface area contributed by atoms with Gasteiger partial charge in [-0.1, -0.05) is 29.8 Å². The van der Waals surface area contributed by atoms with Crippen molar-refractivity contribution in [3.05, 3.63) is 30.1 Å². The van der Waals surface area contributed by atoms with Gasteiger partial charge in [-0.3, -0.25) is 0 Å². The van der Waals surface area contributed by atoms with Gasteiger partial charge in [-0.25, -0.2) is 17.5 Å². The summed E-state index contributed by atoms with van der Waals surface area (Å²) < 4.78 is 39.6. The molecule has 0 bridgehead atoms. The molecule has 0 unspecified atom stereocenters. The first-order valence-electron chi connectivity index (χ1n) is 6.20. The molecule has 0 saturated heterocycles. The molecule has 1 aromatic rings. The minimum Gasteiger partial charge on any atom is -0.211 e. The van der Waals surface area contributed by atoms with Gasteiger partial charge in [-0.15, -0.1) is 0 Å². The van der Waals surface area contributed by atoms with E-state index in [4.69, 9.17) is 0 Å². The molecule has 1 aromatic carbocycles. The number of hydrogen-bond donors (Lipinski definition) is 1. The third-order valence-corrected chi connectivity index (χ3v) is 6.15. The van der Waals surface area contributed by atoms with E-state index in [0.29, 0.717) is 6.54 Å². The van der Waals surface area contributed by atoms with Crippen molar-refractivity contribution in [2.45, 2.75) is 31.6 Å². The molecule has 0 amide bonds. The van der Waals surface area contributed by atoms with E-state index in [0.717, 1.165) is 30.3 Å². The summed E-state index contributed by atoms with van der Waals surface area (Å²) in [5, 5.41) is 0.735. The fraction of sp³-hybridized carbons (Fsp3) is 0.538. The zero-order valence-electron chi connectivity index (χ0n) is 11.1. The van der Waals surface area contributed by atoms with Crippen LogP contribution in [-0.4, -0.2) is 20.3 Å². The maximum absolute atomic E-state index is 12.8. The smallest absolute Gasteiger partial charge is 0.211 e. The molecule has 108 valence electrons. The highest BCUT2D eigenvalue weighted by molar-refractivity contribution is 9.09. The summed E-state index contributed by atoms with van der Waals surface area (Å²) in [7, 11) is -3.58. The van der Waals surface area contributed by atoms with Crippen LogP contribution in [0.2, 0.25) is 0 Å². The van der Waals surface area contributed by atoms with E-state index in [1.54, 1.807) is 0 Å². The molecule has 3 nitrogen and oxygen atoms in total. The number of sulfonamides is 1. The number of hydrogen-bond acceptors (Lipinski definition) is 2. The minimum absolute atomic E-state index is 0.0876. The largest absolute Gasteiger partial charge is 0.240 e. The molecule has 0 fully saturated rings. The van der Waals surface area contributed by atoms with E-state index < -0.39 is 15.8 Å². The molecule has 6 heteroatoms. The third-order valence-electron chi connectivity index (χ3n) is 3.54. The Bertz CT molecular complexity index is 490. The highest BCUT2D eigenvalue weighted by Crippen LogP contribution is 2.28. The Labute approximate surface area is 122 Å². The SMILES string of the molecule is CCC(CC)(CBr)CNS(=O)(=O)c1ccc(F)cc1. The molecule has 1 rings (SSSR count). The van der Waals surface area contributed by atoms with Crippen LogP contribution in [-0.2, 0) is 10.0 Å². The topological polar surface area (TPSA) is 46.2 Å². The average molecular weight is 352 g/mol. The quantitative estimate of drug-likeness (QED) is 0.766. The molecular formula is C13H19BrFNO2S. The van der Waals surface area contributed by atoms with Gasteiger partial charge in [0, 0.05) is 11.9 Å². The van der Waals surface area contributed by atoms with Crippen molar-refractivity contribution in [2.75, 3.05) is 11.9 Å². The normalized spacial score (nSPS) is 12.6. The molecule has 0 heterocycles. The predicted molar refractivity (Wildman–Crippen MR) is 78.4 cm³/mol. The van der Waals surface area contributed by atoms with E-state index in [9.17, 15) is 12.8 Å². The van der Waals surface area contributed by atoms with Crippen molar-refractivity contribution in [3.63, 3.8) is 0 Å². The van der Waals surface area contributed by atoms with Crippen molar-refractivity contribution >= 4 is 26.0 Å². The Balaban J connectivity index is 2.83. The summed E-state index contributed by atoms with van der Waals surface area (Å²) in [6.07, 6.45) is 1.75. The first kappa shape index (κ1) is 16.6. The van der Waals surface area contributed by atoms with Gasteiger partial charge in [0.2, 0.25) is 10.0 Å². The van der Waals surface area contributed by atoms with Crippen molar-refractivity contribution in [3.8, 4) is 0 Å². The molecule has 0 aliphatic carbocycles. The van der Waals surface area contributed by atoms with Gasteiger partial charge >= 0.3 is 0 Å². The van der Waals surface area contributed by atoms with Gasteiger partial charge in [0.1, 0.15) is 5.82 Å². The fourth-order valence-corrected chi connectivity index (χ4v) is 3.83. The van der Waals surface area contributed by atoms with E-state index >= 15 is 0 Å². The summed E-state index contributed by atoms with van der Waals surface area (Å²) in [4.78, 5) is 0.0876. The van der Waals surface area contributed by atoms with Crippen LogP contribution in [0.3, 0.4) is 0 Å². The highest BCUT2D eigenvalue weighted by Gasteiger charge is 2.27. The first-order valence-corrected chi connectivity index (χ1v) is 8.81. The Kier molecular flexibility index (Phi) is 5.95. The standard InChI is InChI=1S/C13H19BrFNO2S/c1-3-13(4-2,9-14)10-16-19(17,18)12-7-5-11(15)6-8-12/h5-8,16H,3-4,9-10H2,1-2H3. The molecule has 1 N–H and O–H groups in total. The Morgan fingerprint density at radius 2 is 1.74 bits per heavy atom. The zero-order valence-corrected chi connectivity index (χ0v) is 13.5. The molecule has 0 aliphatic heterocycles.